The summed E-state index contributed by atoms with van der Waals surface area (Å²) in [6.07, 6.45) is 2.69. The Morgan fingerprint density at radius 1 is 1.21 bits per heavy atom. The van der Waals surface area contributed by atoms with Gasteiger partial charge in [-0.3, -0.25) is 4.98 Å². The number of ether oxygens (including phenoxy) is 2. The third kappa shape index (κ3) is 4.98. The van der Waals surface area contributed by atoms with E-state index in [0.717, 1.165) is 34.9 Å². The predicted molar refractivity (Wildman–Crippen MR) is 105 cm³/mol. The van der Waals surface area contributed by atoms with Crippen LogP contribution in [0.4, 0.5) is 5.69 Å². The Morgan fingerprint density at radius 2 is 2.00 bits per heavy atom. The summed E-state index contributed by atoms with van der Waals surface area (Å²) in [5, 5.41) is 3.07. The van der Waals surface area contributed by atoms with E-state index in [2.05, 4.69) is 15.3 Å². The normalized spacial score (nSPS) is 13.6. The Kier molecular flexibility index (Phi) is 6.65. The van der Waals surface area contributed by atoms with Gasteiger partial charge in [-0.1, -0.05) is 6.07 Å². The second-order valence-electron chi connectivity index (χ2n) is 5.35. The van der Waals surface area contributed by atoms with Crippen LogP contribution in [0.3, 0.4) is 0 Å². The molecule has 1 aliphatic heterocycles. The number of aliphatic imine (C=N–C) groups is 1. The van der Waals surface area contributed by atoms with Crippen LogP contribution in [0.2, 0.25) is 0 Å². The number of halogens is 1. The van der Waals surface area contributed by atoms with Crippen LogP contribution in [0.25, 0.3) is 0 Å². The lowest BCUT2D eigenvalue weighted by Crippen LogP contribution is -2.22. The summed E-state index contributed by atoms with van der Waals surface area (Å²) in [4.78, 5) is 8.56. The van der Waals surface area contributed by atoms with E-state index in [1.54, 1.807) is 6.20 Å². The van der Waals surface area contributed by atoms with Crippen molar-refractivity contribution in [3.8, 4) is 11.5 Å². The molecule has 0 saturated carbocycles. The Labute approximate surface area is 158 Å². The van der Waals surface area contributed by atoms with Gasteiger partial charge in [0.1, 0.15) is 0 Å². The highest BCUT2D eigenvalue weighted by Crippen LogP contribution is 2.32. The Bertz CT molecular complexity index is 704. The van der Waals surface area contributed by atoms with E-state index in [0.29, 0.717) is 25.7 Å². The van der Waals surface area contributed by atoms with Crippen molar-refractivity contribution in [1.29, 1.82) is 0 Å². The van der Waals surface area contributed by atoms with Gasteiger partial charge in [0, 0.05) is 30.1 Å². The molecule has 6 nitrogen and oxygen atoms in total. The Hall–Kier alpha value is -2.03. The number of aromatic nitrogens is 1. The largest absolute Gasteiger partial charge is 0.490 e. The van der Waals surface area contributed by atoms with Gasteiger partial charge in [0.25, 0.3) is 0 Å². The first-order valence-corrected chi connectivity index (χ1v) is 7.59. The van der Waals surface area contributed by atoms with Gasteiger partial charge in [0.2, 0.25) is 0 Å². The van der Waals surface area contributed by atoms with E-state index in [9.17, 15) is 0 Å². The molecule has 1 aliphatic rings. The molecule has 1 aromatic carbocycles. The third-order valence-corrected chi connectivity index (χ3v) is 3.42. The lowest BCUT2D eigenvalue weighted by Gasteiger charge is -2.10. The zero-order valence-corrected chi connectivity index (χ0v) is 15.8. The fourth-order valence-corrected chi connectivity index (χ4v) is 2.20. The quantitative estimate of drug-likeness (QED) is 0.436. The molecule has 2 heterocycles. The van der Waals surface area contributed by atoms with Gasteiger partial charge in [-0.15, -0.1) is 24.0 Å². The van der Waals surface area contributed by atoms with Gasteiger partial charge in [-0.2, -0.15) is 0 Å². The van der Waals surface area contributed by atoms with Crippen molar-refractivity contribution in [2.24, 2.45) is 10.7 Å². The molecular formula is C17H21IN4O2. The van der Waals surface area contributed by atoms with Gasteiger partial charge in [0.05, 0.1) is 19.8 Å². The van der Waals surface area contributed by atoms with E-state index in [1.165, 1.54) is 0 Å². The lowest BCUT2D eigenvalue weighted by atomic mass is 10.2. The zero-order valence-electron chi connectivity index (χ0n) is 13.5. The van der Waals surface area contributed by atoms with E-state index in [1.807, 2.05) is 37.3 Å². The molecule has 0 amide bonds. The number of fused-ring (bicyclic) bond motifs is 1. The SMILES string of the molecule is Cc1ccc(CN=C(N)Nc2ccc3c(c2)OCCCO3)cn1.I. The molecular weight excluding hydrogens is 419 g/mol. The van der Waals surface area contributed by atoms with Crippen LogP contribution in [-0.4, -0.2) is 24.2 Å². The smallest absolute Gasteiger partial charge is 0.193 e. The minimum atomic E-state index is 0. The van der Waals surface area contributed by atoms with Crippen LogP contribution < -0.4 is 20.5 Å². The Morgan fingerprint density at radius 3 is 2.75 bits per heavy atom. The van der Waals surface area contributed by atoms with Crippen LogP contribution in [0.1, 0.15) is 17.7 Å². The van der Waals surface area contributed by atoms with E-state index in [-0.39, 0.29) is 24.0 Å². The number of nitrogens with zero attached hydrogens (tertiary/aromatic N) is 2. The lowest BCUT2D eigenvalue weighted by molar-refractivity contribution is 0.297. The molecule has 0 saturated heterocycles. The van der Waals surface area contributed by atoms with Gasteiger partial charge in [0.15, 0.2) is 17.5 Å². The summed E-state index contributed by atoms with van der Waals surface area (Å²) in [5.74, 6) is 1.83. The maximum Gasteiger partial charge on any atom is 0.193 e. The Balaban J connectivity index is 0.00000208. The number of aryl methyl sites for hydroxylation is 1. The topological polar surface area (TPSA) is 81.8 Å². The number of anilines is 1. The molecule has 1 aromatic heterocycles. The van der Waals surface area contributed by atoms with E-state index >= 15 is 0 Å². The number of hydrogen-bond acceptors (Lipinski definition) is 4. The van der Waals surface area contributed by atoms with Crippen molar-refractivity contribution in [2.45, 2.75) is 19.9 Å². The number of nitrogens with one attached hydrogen (secondary N) is 1. The summed E-state index contributed by atoms with van der Waals surface area (Å²) in [6.45, 7) is 3.76. The molecule has 128 valence electrons. The first-order chi connectivity index (χ1) is 11.2. The van der Waals surface area contributed by atoms with Crippen molar-refractivity contribution < 1.29 is 9.47 Å². The van der Waals surface area contributed by atoms with Gasteiger partial charge in [-0.05, 0) is 30.7 Å². The summed E-state index contributed by atoms with van der Waals surface area (Å²) in [7, 11) is 0. The third-order valence-electron chi connectivity index (χ3n) is 3.42. The summed E-state index contributed by atoms with van der Waals surface area (Å²) in [6, 6.07) is 9.59. The predicted octanol–water partition coefficient (Wildman–Crippen LogP) is 3.10. The number of guanidine groups is 1. The average Bonchev–Trinajstić information content (AvgIpc) is 2.79. The highest BCUT2D eigenvalue weighted by molar-refractivity contribution is 14.0. The monoisotopic (exact) mass is 440 g/mol. The van der Waals surface area contributed by atoms with E-state index < -0.39 is 0 Å². The number of nitrogens with two attached hydrogens (primary N) is 1. The van der Waals surface area contributed by atoms with Crippen LogP contribution >= 0.6 is 24.0 Å². The van der Waals surface area contributed by atoms with Crippen LogP contribution in [0.15, 0.2) is 41.5 Å². The van der Waals surface area contributed by atoms with Crippen LogP contribution in [0.5, 0.6) is 11.5 Å². The molecule has 0 bridgehead atoms. The summed E-state index contributed by atoms with van der Waals surface area (Å²) in [5.41, 5.74) is 8.75. The van der Waals surface area contributed by atoms with Gasteiger partial charge >= 0.3 is 0 Å². The molecule has 2 aromatic rings. The number of benzene rings is 1. The molecule has 0 aliphatic carbocycles. The molecule has 0 radical (unpaired) electrons. The highest BCUT2D eigenvalue weighted by Gasteiger charge is 2.10. The van der Waals surface area contributed by atoms with E-state index in [4.69, 9.17) is 15.2 Å². The minimum Gasteiger partial charge on any atom is -0.490 e. The van der Waals surface area contributed by atoms with Crippen molar-refractivity contribution in [1.82, 2.24) is 4.98 Å². The van der Waals surface area contributed by atoms with Crippen LogP contribution in [-0.2, 0) is 6.54 Å². The highest BCUT2D eigenvalue weighted by atomic mass is 127. The molecule has 7 heteroatoms. The van der Waals surface area contributed by atoms with Crippen molar-refractivity contribution in [2.75, 3.05) is 18.5 Å². The molecule has 24 heavy (non-hydrogen) atoms. The van der Waals surface area contributed by atoms with Gasteiger partial charge < -0.3 is 20.5 Å². The summed E-state index contributed by atoms with van der Waals surface area (Å²) >= 11 is 0. The number of rotatable bonds is 3. The molecule has 3 rings (SSSR count). The molecule has 3 N–H and O–H groups in total. The van der Waals surface area contributed by atoms with Gasteiger partial charge in [-0.25, -0.2) is 4.99 Å². The molecule has 0 unspecified atom stereocenters. The standard InChI is InChI=1S/C17H20N4O2.HI/c1-12-3-4-13(10-19-12)11-20-17(18)21-14-5-6-15-16(9-14)23-8-2-7-22-15;/h3-6,9-10H,2,7-8,11H2,1H3,(H3,18,20,21);1H. The van der Waals surface area contributed by atoms with Crippen molar-refractivity contribution in [3.63, 3.8) is 0 Å². The van der Waals surface area contributed by atoms with Crippen molar-refractivity contribution in [3.05, 3.63) is 47.8 Å². The zero-order chi connectivity index (χ0) is 16.1. The first-order valence-electron chi connectivity index (χ1n) is 7.59. The average molecular weight is 440 g/mol. The fraction of sp³-hybridized carbons (Fsp3) is 0.294. The number of hydrogen-bond donors (Lipinski definition) is 2. The number of pyridine rings is 1. The minimum absolute atomic E-state index is 0. The maximum absolute atomic E-state index is 5.94. The molecule has 0 atom stereocenters. The first kappa shape index (κ1) is 18.3. The second kappa shape index (κ2) is 8.72. The second-order valence-corrected chi connectivity index (χ2v) is 5.35. The fourth-order valence-electron chi connectivity index (χ4n) is 2.20. The van der Waals surface area contributed by atoms with Crippen molar-refractivity contribution >= 4 is 35.6 Å². The summed E-state index contributed by atoms with van der Waals surface area (Å²) < 4.78 is 11.3. The maximum atomic E-state index is 5.94. The van der Waals surface area contributed by atoms with Crippen LogP contribution in [0, 0.1) is 6.92 Å². The molecule has 0 fully saturated rings. The molecule has 0 spiro atoms.